The van der Waals surface area contributed by atoms with E-state index in [-0.39, 0.29) is 12.2 Å². The molecule has 5 nitrogen and oxygen atoms in total. The van der Waals surface area contributed by atoms with Gasteiger partial charge in [0.15, 0.2) is 6.04 Å². The van der Waals surface area contributed by atoms with Crippen LogP contribution in [0.4, 0.5) is 0 Å². The minimum absolute atomic E-state index is 0.250. The van der Waals surface area contributed by atoms with Gasteiger partial charge in [-0.1, -0.05) is 30.3 Å². The van der Waals surface area contributed by atoms with Gasteiger partial charge in [0.05, 0.1) is 13.5 Å². The number of hydrogen-bond acceptors (Lipinski definition) is 4. The first kappa shape index (κ1) is 13.9. The second-order valence-corrected chi connectivity index (χ2v) is 3.81. The van der Waals surface area contributed by atoms with Crippen molar-refractivity contribution in [2.45, 2.75) is 19.4 Å². The topological polar surface area (TPSA) is 72.5 Å². The third kappa shape index (κ3) is 4.01. The van der Waals surface area contributed by atoms with E-state index in [0.29, 0.717) is 5.56 Å². The molecule has 5 heteroatoms. The van der Waals surface area contributed by atoms with Crippen LogP contribution in [0.1, 0.15) is 24.9 Å². The van der Waals surface area contributed by atoms with Gasteiger partial charge < -0.3 is 10.1 Å². The van der Waals surface area contributed by atoms with E-state index in [1.54, 1.807) is 30.3 Å². The summed E-state index contributed by atoms with van der Waals surface area (Å²) in [5.41, 5.74) is 0.612. The number of amides is 1. The van der Waals surface area contributed by atoms with Gasteiger partial charge in [0, 0.05) is 0 Å². The van der Waals surface area contributed by atoms with Crippen LogP contribution in [0.25, 0.3) is 0 Å². The van der Waals surface area contributed by atoms with E-state index < -0.39 is 17.9 Å². The number of hydrogen-bond donors (Lipinski definition) is 1. The molecule has 1 N–H and O–H groups in total. The number of Topliss-reactive ketones (excluding diaryl/α,β-unsaturated/α-hetero) is 1. The van der Waals surface area contributed by atoms with Gasteiger partial charge in [0.25, 0.3) is 0 Å². The van der Waals surface area contributed by atoms with Gasteiger partial charge in [-0.2, -0.15) is 0 Å². The average molecular weight is 249 g/mol. The highest BCUT2D eigenvalue weighted by Gasteiger charge is 2.23. The standard InChI is InChI=1S/C13H15NO4/c1-9(15)8-11(16)14-12(13(17)18-2)10-6-4-3-5-7-10/h3-7,12H,8H2,1-2H3,(H,14,16). The maximum absolute atomic E-state index is 11.6. The summed E-state index contributed by atoms with van der Waals surface area (Å²) in [7, 11) is 1.25. The van der Waals surface area contributed by atoms with E-state index in [2.05, 4.69) is 10.1 Å². The summed E-state index contributed by atoms with van der Waals surface area (Å²) in [6.07, 6.45) is -0.250. The fourth-order valence-corrected chi connectivity index (χ4v) is 1.48. The van der Waals surface area contributed by atoms with Crippen molar-refractivity contribution in [2.75, 3.05) is 7.11 Å². The monoisotopic (exact) mass is 249 g/mol. The van der Waals surface area contributed by atoms with Crippen LogP contribution < -0.4 is 5.32 Å². The van der Waals surface area contributed by atoms with Crippen LogP contribution in [0.5, 0.6) is 0 Å². The summed E-state index contributed by atoms with van der Waals surface area (Å²) in [5, 5.41) is 2.48. The van der Waals surface area contributed by atoms with Crippen molar-refractivity contribution >= 4 is 17.7 Å². The molecular weight excluding hydrogens is 234 g/mol. The molecule has 1 amide bonds. The lowest BCUT2D eigenvalue weighted by molar-refractivity contribution is -0.145. The van der Waals surface area contributed by atoms with Gasteiger partial charge in [-0.25, -0.2) is 4.79 Å². The molecule has 1 atom stereocenters. The van der Waals surface area contributed by atoms with Crippen LogP contribution in [0, 0.1) is 0 Å². The summed E-state index contributed by atoms with van der Waals surface area (Å²) >= 11 is 0. The first-order valence-electron chi connectivity index (χ1n) is 5.46. The Balaban J connectivity index is 2.84. The molecule has 18 heavy (non-hydrogen) atoms. The largest absolute Gasteiger partial charge is 0.467 e. The molecule has 1 aromatic carbocycles. The molecule has 0 aliphatic heterocycles. The number of carbonyl (C=O) groups excluding carboxylic acids is 3. The lowest BCUT2D eigenvalue weighted by Crippen LogP contribution is -2.35. The normalized spacial score (nSPS) is 11.4. The Morgan fingerprint density at radius 2 is 1.83 bits per heavy atom. The van der Waals surface area contributed by atoms with Crippen molar-refractivity contribution in [2.24, 2.45) is 0 Å². The molecule has 0 aliphatic carbocycles. The lowest BCUT2D eigenvalue weighted by atomic mass is 10.1. The zero-order valence-corrected chi connectivity index (χ0v) is 10.3. The maximum atomic E-state index is 11.6. The van der Waals surface area contributed by atoms with Gasteiger partial charge >= 0.3 is 5.97 Å². The molecule has 0 spiro atoms. The second kappa shape index (κ2) is 6.54. The number of rotatable bonds is 5. The van der Waals surface area contributed by atoms with E-state index in [0.717, 1.165) is 0 Å². The maximum Gasteiger partial charge on any atom is 0.333 e. The van der Waals surface area contributed by atoms with Gasteiger partial charge in [0.1, 0.15) is 5.78 Å². The van der Waals surface area contributed by atoms with Gasteiger partial charge in [-0.3, -0.25) is 9.59 Å². The molecule has 0 saturated heterocycles. The van der Waals surface area contributed by atoms with Crippen LogP contribution in [0.2, 0.25) is 0 Å². The molecular formula is C13H15NO4. The van der Waals surface area contributed by atoms with Gasteiger partial charge in [-0.05, 0) is 12.5 Å². The van der Waals surface area contributed by atoms with Gasteiger partial charge in [-0.15, -0.1) is 0 Å². The summed E-state index contributed by atoms with van der Waals surface area (Å²) in [6, 6.07) is 7.83. The van der Waals surface area contributed by atoms with Crippen LogP contribution >= 0.6 is 0 Å². The lowest BCUT2D eigenvalue weighted by Gasteiger charge is -2.16. The highest BCUT2D eigenvalue weighted by molar-refractivity contribution is 5.98. The predicted octanol–water partition coefficient (Wildman–Crippen LogP) is 0.996. The Labute approximate surface area is 105 Å². The van der Waals surface area contributed by atoms with Gasteiger partial charge in [0.2, 0.25) is 5.91 Å². The summed E-state index contributed by atoms with van der Waals surface area (Å²) in [5.74, 6) is -1.33. The average Bonchev–Trinajstić information content (AvgIpc) is 2.35. The van der Waals surface area contributed by atoms with Crippen molar-refractivity contribution in [3.05, 3.63) is 35.9 Å². The first-order chi connectivity index (χ1) is 8.54. The quantitative estimate of drug-likeness (QED) is 0.624. The van der Waals surface area contributed by atoms with Crippen LogP contribution in [-0.2, 0) is 19.1 Å². The first-order valence-corrected chi connectivity index (χ1v) is 5.46. The molecule has 96 valence electrons. The smallest absolute Gasteiger partial charge is 0.333 e. The van der Waals surface area contributed by atoms with Crippen molar-refractivity contribution in [1.82, 2.24) is 5.32 Å². The zero-order valence-electron chi connectivity index (χ0n) is 10.3. The minimum atomic E-state index is -0.886. The highest BCUT2D eigenvalue weighted by Crippen LogP contribution is 2.14. The number of carbonyl (C=O) groups is 3. The van der Waals surface area contributed by atoms with Crippen molar-refractivity contribution in [3.63, 3.8) is 0 Å². The third-order valence-corrected chi connectivity index (χ3v) is 2.28. The van der Waals surface area contributed by atoms with E-state index in [1.165, 1.54) is 14.0 Å². The highest BCUT2D eigenvalue weighted by atomic mass is 16.5. The minimum Gasteiger partial charge on any atom is -0.467 e. The fourth-order valence-electron chi connectivity index (χ4n) is 1.48. The summed E-state index contributed by atoms with van der Waals surface area (Å²) in [6.45, 7) is 1.31. The second-order valence-electron chi connectivity index (χ2n) is 3.81. The molecule has 1 aromatic rings. The van der Waals surface area contributed by atoms with Crippen molar-refractivity contribution in [3.8, 4) is 0 Å². The Hall–Kier alpha value is -2.17. The Morgan fingerprint density at radius 3 is 2.33 bits per heavy atom. The fraction of sp³-hybridized carbons (Fsp3) is 0.308. The molecule has 0 aromatic heterocycles. The van der Waals surface area contributed by atoms with E-state index in [4.69, 9.17) is 0 Å². The molecule has 0 radical (unpaired) electrons. The Morgan fingerprint density at radius 1 is 1.22 bits per heavy atom. The van der Waals surface area contributed by atoms with E-state index in [1.807, 2.05) is 0 Å². The SMILES string of the molecule is COC(=O)C(NC(=O)CC(C)=O)c1ccccc1. The number of ether oxygens (including phenoxy) is 1. The molecule has 0 saturated carbocycles. The van der Waals surface area contributed by atoms with E-state index in [9.17, 15) is 14.4 Å². The van der Waals surface area contributed by atoms with Crippen LogP contribution in [-0.4, -0.2) is 24.8 Å². The number of esters is 1. The van der Waals surface area contributed by atoms with E-state index >= 15 is 0 Å². The van der Waals surface area contributed by atoms with Crippen LogP contribution in [0.15, 0.2) is 30.3 Å². The molecule has 0 heterocycles. The molecule has 0 bridgehead atoms. The number of nitrogens with one attached hydrogen (secondary N) is 1. The molecule has 0 aliphatic rings. The Kier molecular flexibility index (Phi) is 5.05. The van der Waals surface area contributed by atoms with Crippen molar-refractivity contribution < 1.29 is 19.1 Å². The molecule has 1 unspecified atom stereocenters. The number of benzene rings is 1. The predicted molar refractivity (Wildman–Crippen MR) is 64.6 cm³/mol. The summed E-state index contributed by atoms with van der Waals surface area (Å²) < 4.78 is 4.63. The molecule has 0 fully saturated rings. The Bertz CT molecular complexity index is 442. The van der Waals surface area contributed by atoms with Crippen LogP contribution in [0.3, 0.4) is 0 Å². The number of methoxy groups -OCH3 is 1. The molecule has 1 rings (SSSR count). The third-order valence-electron chi connectivity index (χ3n) is 2.28. The van der Waals surface area contributed by atoms with Crippen molar-refractivity contribution in [1.29, 1.82) is 0 Å². The number of ketones is 1. The zero-order chi connectivity index (χ0) is 13.5. The summed E-state index contributed by atoms with van der Waals surface area (Å²) in [4.78, 5) is 34.0.